The van der Waals surface area contributed by atoms with Gasteiger partial charge in [0, 0.05) is 35.6 Å². The molecule has 0 aliphatic heterocycles. The van der Waals surface area contributed by atoms with E-state index in [4.69, 9.17) is 0 Å². The molecule has 3 aromatic rings. The van der Waals surface area contributed by atoms with Gasteiger partial charge in [-0.05, 0) is 68.7 Å². The van der Waals surface area contributed by atoms with Gasteiger partial charge in [-0.1, -0.05) is 93.0 Å². The first-order chi connectivity index (χ1) is 16.8. The molecule has 1 aromatic heterocycles. The standard InChI is InChI=1S/C32H44N2/c1-25-12-11-15-27(22-25)29(20-21-33-28-16-7-4-8-17-28)31-24-34(32-19-10-9-18-30(31)32)23-26-13-5-2-3-6-14-26/h9-12,15,18-19,22,24,26,28-29,33H,2-8,13-14,16-17,20-21,23H2,1H3. The minimum absolute atomic E-state index is 0.441. The maximum atomic E-state index is 3.93. The molecule has 1 N–H and O–H groups in total. The predicted octanol–water partition coefficient (Wildman–Crippen LogP) is 8.36. The van der Waals surface area contributed by atoms with Gasteiger partial charge in [0.05, 0.1) is 0 Å². The van der Waals surface area contributed by atoms with Crippen molar-refractivity contribution in [1.82, 2.24) is 9.88 Å². The molecule has 0 bridgehead atoms. The third-order valence-electron chi connectivity index (χ3n) is 8.54. The predicted molar refractivity (Wildman–Crippen MR) is 146 cm³/mol. The third kappa shape index (κ3) is 5.77. The normalized spacial score (nSPS) is 19.3. The van der Waals surface area contributed by atoms with Crippen LogP contribution in [-0.2, 0) is 6.54 Å². The lowest BCUT2D eigenvalue weighted by Crippen LogP contribution is -2.32. The van der Waals surface area contributed by atoms with E-state index in [1.807, 2.05) is 0 Å². The fourth-order valence-corrected chi connectivity index (χ4v) is 6.66. The lowest BCUT2D eigenvalue weighted by molar-refractivity contribution is 0.370. The molecular formula is C32H44N2. The van der Waals surface area contributed by atoms with Crippen LogP contribution < -0.4 is 5.32 Å². The van der Waals surface area contributed by atoms with E-state index in [0.717, 1.165) is 24.9 Å². The first-order valence-corrected chi connectivity index (χ1v) is 14.2. The van der Waals surface area contributed by atoms with Crippen LogP contribution in [0.1, 0.15) is 99.7 Å². The Kier molecular flexibility index (Phi) is 8.06. The summed E-state index contributed by atoms with van der Waals surface area (Å²) in [4.78, 5) is 0. The Hall–Kier alpha value is -2.06. The highest BCUT2D eigenvalue weighted by Gasteiger charge is 2.22. The molecule has 1 unspecified atom stereocenters. The van der Waals surface area contributed by atoms with E-state index in [1.54, 1.807) is 0 Å². The zero-order valence-electron chi connectivity index (χ0n) is 21.3. The molecule has 0 radical (unpaired) electrons. The fraction of sp³-hybridized carbons (Fsp3) is 0.562. The summed E-state index contributed by atoms with van der Waals surface area (Å²) in [6.07, 6.45) is 19.1. The summed E-state index contributed by atoms with van der Waals surface area (Å²) < 4.78 is 2.61. The van der Waals surface area contributed by atoms with Crippen molar-refractivity contribution in [3.05, 3.63) is 71.4 Å². The number of rotatable bonds is 8. The van der Waals surface area contributed by atoms with Gasteiger partial charge in [-0.3, -0.25) is 0 Å². The van der Waals surface area contributed by atoms with Crippen LogP contribution in [0.4, 0.5) is 0 Å². The highest BCUT2D eigenvalue weighted by molar-refractivity contribution is 5.85. The van der Waals surface area contributed by atoms with E-state index in [-0.39, 0.29) is 0 Å². The average molecular weight is 457 g/mol. The highest BCUT2D eigenvalue weighted by Crippen LogP contribution is 2.36. The summed E-state index contributed by atoms with van der Waals surface area (Å²) in [5.41, 5.74) is 5.80. The SMILES string of the molecule is Cc1cccc(C(CCNC2CCCCC2)c2cn(CC3CCCCCC3)c3ccccc23)c1. The first-order valence-electron chi connectivity index (χ1n) is 14.2. The van der Waals surface area contributed by atoms with Gasteiger partial charge >= 0.3 is 0 Å². The van der Waals surface area contributed by atoms with Gasteiger partial charge in [0.15, 0.2) is 0 Å². The number of nitrogens with one attached hydrogen (secondary N) is 1. The Morgan fingerprint density at radius 1 is 0.853 bits per heavy atom. The number of hydrogen-bond donors (Lipinski definition) is 1. The number of aryl methyl sites for hydroxylation is 1. The van der Waals surface area contributed by atoms with Crippen molar-refractivity contribution in [2.45, 2.75) is 102 Å². The Morgan fingerprint density at radius 2 is 1.59 bits per heavy atom. The van der Waals surface area contributed by atoms with Crippen molar-refractivity contribution in [3.63, 3.8) is 0 Å². The molecule has 2 aliphatic rings. The zero-order chi connectivity index (χ0) is 23.2. The van der Waals surface area contributed by atoms with Crippen LogP contribution in [0.2, 0.25) is 0 Å². The summed E-state index contributed by atoms with van der Waals surface area (Å²) in [6, 6.07) is 19.2. The highest BCUT2D eigenvalue weighted by atomic mass is 15.0. The maximum absolute atomic E-state index is 3.93. The second-order valence-electron chi connectivity index (χ2n) is 11.2. The number of para-hydroxylation sites is 1. The lowest BCUT2D eigenvalue weighted by atomic mass is 9.87. The third-order valence-corrected chi connectivity index (χ3v) is 8.54. The van der Waals surface area contributed by atoms with Crippen LogP contribution in [0.15, 0.2) is 54.7 Å². The Morgan fingerprint density at radius 3 is 2.38 bits per heavy atom. The molecule has 34 heavy (non-hydrogen) atoms. The number of hydrogen-bond acceptors (Lipinski definition) is 1. The van der Waals surface area contributed by atoms with Gasteiger partial charge in [0.2, 0.25) is 0 Å². The smallest absolute Gasteiger partial charge is 0.0483 e. The number of fused-ring (bicyclic) bond motifs is 1. The van der Waals surface area contributed by atoms with Crippen molar-refractivity contribution < 1.29 is 0 Å². The second-order valence-corrected chi connectivity index (χ2v) is 11.2. The summed E-state index contributed by atoms with van der Waals surface area (Å²) in [7, 11) is 0. The molecule has 1 heterocycles. The van der Waals surface area contributed by atoms with Gasteiger partial charge in [-0.25, -0.2) is 0 Å². The fourth-order valence-electron chi connectivity index (χ4n) is 6.66. The molecule has 0 saturated heterocycles. The quantitative estimate of drug-likeness (QED) is 0.337. The molecule has 0 spiro atoms. The van der Waals surface area contributed by atoms with Crippen LogP contribution >= 0.6 is 0 Å². The van der Waals surface area contributed by atoms with Crippen LogP contribution in [-0.4, -0.2) is 17.2 Å². The molecule has 2 heteroatoms. The Balaban J connectivity index is 1.43. The van der Waals surface area contributed by atoms with Gasteiger partial charge < -0.3 is 9.88 Å². The van der Waals surface area contributed by atoms with E-state index < -0.39 is 0 Å². The molecule has 2 aliphatic carbocycles. The van der Waals surface area contributed by atoms with Crippen molar-refractivity contribution in [2.24, 2.45) is 5.92 Å². The minimum atomic E-state index is 0.441. The molecule has 2 fully saturated rings. The molecule has 5 rings (SSSR count). The van der Waals surface area contributed by atoms with Gasteiger partial charge in [0.25, 0.3) is 0 Å². The summed E-state index contributed by atoms with van der Waals surface area (Å²) in [5.74, 6) is 1.27. The topological polar surface area (TPSA) is 17.0 Å². The average Bonchev–Trinajstić information content (AvgIpc) is 3.02. The Bertz CT molecular complexity index is 1030. The molecule has 0 amide bonds. The van der Waals surface area contributed by atoms with E-state index in [2.05, 4.69) is 71.5 Å². The van der Waals surface area contributed by atoms with Crippen LogP contribution in [0, 0.1) is 12.8 Å². The molecule has 2 nitrogen and oxygen atoms in total. The van der Waals surface area contributed by atoms with Crippen LogP contribution in [0.25, 0.3) is 10.9 Å². The number of nitrogens with zero attached hydrogens (tertiary/aromatic N) is 1. The molecule has 2 saturated carbocycles. The second kappa shape index (κ2) is 11.6. The summed E-state index contributed by atoms with van der Waals surface area (Å²) in [6.45, 7) is 4.52. The summed E-state index contributed by atoms with van der Waals surface area (Å²) in [5, 5.41) is 5.39. The zero-order valence-corrected chi connectivity index (χ0v) is 21.3. The molecular weight excluding hydrogens is 412 g/mol. The lowest BCUT2D eigenvalue weighted by Gasteiger charge is -2.25. The molecule has 1 atom stereocenters. The van der Waals surface area contributed by atoms with E-state index >= 15 is 0 Å². The van der Waals surface area contributed by atoms with Gasteiger partial charge in [-0.2, -0.15) is 0 Å². The van der Waals surface area contributed by atoms with E-state index in [0.29, 0.717) is 5.92 Å². The van der Waals surface area contributed by atoms with E-state index in [9.17, 15) is 0 Å². The van der Waals surface area contributed by atoms with Crippen molar-refractivity contribution >= 4 is 10.9 Å². The number of benzene rings is 2. The number of aromatic nitrogens is 1. The van der Waals surface area contributed by atoms with Gasteiger partial charge in [-0.15, -0.1) is 0 Å². The van der Waals surface area contributed by atoms with Crippen molar-refractivity contribution in [1.29, 1.82) is 0 Å². The van der Waals surface area contributed by atoms with Crippen LogP contribution in [0.3, 0.4) is 0 Å². The minimum Gasteiger partial charge on any atom is -0.347 e. The Labute approximate surface area is 207 Å². The molecule has 182 valence electrons. The molecule has 2 aromatic carbocycles. The maximum Gasteiger partial charge on any atom is 0.0483 e. The van der Waals surface area contributed by atoms with Crippen molar-refractivity contribution in [3.8, 4) is 0 Å². The van der Waals surface area contributed by atoms with Crippen LogP contribution in [0.5, 0.6) is 0 Å². The summed E-state index contributed by atoms with van der Waals surface area (Å²) >= 11 is 0. The monoisotopic (exact) mass is 456 g/mol. The van der Waals surface area contributed by atoms with Gasteiger partial charge in [0.1, 0.15) is 0 Å². The first kappa shape index (κ1) is 23.7. The van der Waals surface area contributed by atoms with E-state index in [1.165, 1.54) is 105 Å². The van der Waals surface area contributed by atoms with Crippen molar-refractivity contribution in [2.75, 3.05) is 6.54 Å². The largest absolute Gasteiger partial charge is 0.347 e.